The topological polar surface area (TPSA) is 92.6 Å². The summed E-state index contributed by atoms with van der Waals surface area (Å²) in [5.74, 6) is -0.595. The SMILES string of the molecule is CC(=O)NC[C@H]1CN(c2ccc(N3CC[C@@H](n4nnc5ccccc54)C3)c(F)c2)C(=O)O1. The zero-order chi connectivity index (χ0) is 22.2. The summed E-state index contributed by atoms with van der Waals surface area (Å²) in [6, 6.07) is 12.7. The van der Waals surface area contributed by atoms with Gasteiger partial charge in [0.05, 0.1) is 36.0 Å². The van der Waals surface area contributed by atoms with E-state index in [1.165, 1.54) is 17.9 Å². The number of hydrogen-bond acceptors (Lipinski definition) is 6. The van der Waals surface area contributed by atoms with Crippen LogP contribution in [0.3, 0.4) is 0 Å². The van der Waals surface area contributed by atoms with Gasteiger partial charge >= 0.3 is 6.09 Å². The minimum absolute atomic E-state index is 0.101. The van der Waals surface area contributed by atoms with Gasteiger partial charge in [0.15, 0.2) is 0 Å². The molecule has 32 heavy (non-hydrogen) atoms. The van der Waals surface area contributed by atoms with E-state index in [1.54, 1.807) is 12.1 Å². The molecular formula is C22H23FN6O3. The highest BCUT2D eigenvalue weighted by Crippen LogP contribution is 2.33. The van der Waals surface area contributed by atoms with Crippen molar-refractivity contribution >= 4 is 34.4 Å². The average Bonchev–Trinajstić information content (AvgIpc) is 3.50. The molecule has 2 fully saturated rings. The molecule has 2 saturated heterocycles. The van der Waals surface area contributed by atoms with Gasteiger partial charge in [0.1, 0.15) is 17.4 Å². The van der Waals surface area contributed by atoms with E-state index >= 15 is 4.39 Å². The maximum absolute atomic E-state index is 15.0. The maximum Gasteiger partial charge on any atom is 0.414 e. The predicted octanol–water partition coefficient (Wildman–Crippen LogP) is 2.48. The smallest absolute Gasteiger partial charge is 0.414 e. The van der Waals surface area contributed by atoms with Crippen LogP contribution >= 0.6 is 0 Å². The Hall–Kier alpha value is -3.69. The first kappa shape index (κ1) is 20.2. The number of rotatable bonds is 5. The molecule has 0 spiro atoms. The molecule has 1 N–H and O–H groups in total. The molecule has 0 radical (unpaired) electrons. The van der Waals surface area contributed by atoms with Gasteiger partial charge < -0.3 is 15.0 Å². The van der Waals surface area contributed by atoms with E-state index in [-0.39, 0.29) is 25.0 Å². The first-order chi connectivity index (χ1) is 15.5. The number of aromatic nitrogens is 3. The molecule has 5 rings (SSSR count). The Balaban J connectivity index is 1.29. The number of carbonyl (C=O) groups is 2. The van der Waals surface area contributed by atoms with Gasteiger partial charge in [-0.25, -0.2) is 13.9 Å². The van der Waals surface area contributed by atoms with Crippen LogP contribution in [0.2, 0.25) is 0 Å². The zero-order valence-corrected chi connectivity index (χ0v) is 17.6. The molecular weight excluding hydrogens is 415 g/mol. The lowest BCUT2D eigenvalue weighted by Crippen LogP contribution is -2.33. The van der Waals surface area contributed by atoms with Crippen molar-refractivity contribution in [3.8, 4) is 0 Å². The number of benzene rings is 2. The van der Waals surface area contributed by atoms with Crippen molar-refractivity contribution in [2.75, 3.05) is 36.0 Å². The van der Waals surface area contributed by atoms with Crippen molar-refractivity contribution in [3.63, 3.8) is 0 Å². The number of hydrogen-bond donors (Lipinski definition) is 1. The van der Waals surface area contributed by atoms with Crippen LogP contribution in [0.4, 0.5) is 20.6 Å². The van der Waals surface area contributed by atoms with E-state index in [1.807, 2.05) is 33.8 Å². The van der Waals surface area contributed by atoms with Gasteiger partial charge in [0, 0.05) is 20.0 Å². The van der Waals surface area contributed by atoms with Gasteiger partial charge in [-0.2, -0.15) is 0 Å². The molecule has 166 valence electrons. The van der Waals surface area contributed by atoms with Crippen molar-refractivity contribution in [1.29, 1.82) is 0 Å². The van der Waals surface area contributed by atoms with Gasteiger partial charge in [-0.3, -0.25) is 9.69 Å². The number of anilines is 2. The molecule has 9 nitrogen and oxygen atoms in total. The Labute approximate surface area is 183 Å². The minimum atomic E-state index is -0.549. The zero-order valence-electron chi connectivity index (χ0n) is 17.6. The van der Waals surface area contributed by atoms with Gasteiger partial charge in [0.25, 0.3) is 0 Å². The van der Waals surface area contributed by atoms with Crippen LogP contribution in [0, 0.1) is 5.82 Å². The summed E-state index contributed by atoms with van der Waals surface area (Å²) in [6.07, 6.45) is -0.185. The lowest BCUT2D eigenvalue weighted by molar-refractivity contribution is -0.119. The Morgan fingerprint density at radius 1 is 1.25 bits per heavy atom. The quantitative estimate of drug-likeness (QED) is 0.658. The summed E-state index contributed by atoms with van der Waals surface area (Å²) in [5.41, 5.74) is 2.73. The summed E-state index contributed by atoms with van der Waals surface area (Å²) in [7, 11) is 0. The second-order valence-electron chi connectivity index (χ2n) is 8.10. The molecule has 0 unspecified atom stereocenters. The molecule has 0 bridgehead atoms. The third-order valence-electron chi connectivity index (χ3n) is 5.92. The molecule has 0 saturated carbocycles. The average molecular weight is 438 g/mol. The van der Waals surface area contributed by atoms with E-state index in [0.29, 0.717) is 24.5 Å². The molecule has 2 aliphatic rings. The summed E-state index contributed by atoms with van der Waals surface area (Å²) in [5, 5.41) is 11.1. The van der Waals surface area contributed by atoms with Crippen molar-refractivity contribution in [2.45, 2.75) is 25.5 Å². The number of fused-ring (bicyclic) bond motifs is 1. The summed E-state index contributed by atoms with van der Waals surface area (Å²) >= 11 is 0. The Bertz CT molecular complexity index is 1180. The third kappa shape index (κ3) is 3.72. The van der Waals surface area contributed by atoms with E-state index in [4.69, 9.17) is 4.74 Å². The van der Waals surface area contributed by atoms with Gasteiger partial charge in [-0.05, 0) is 36.8 Å². The van der Waals surface area contributed by atoms with Crippen molar-refractivity contribution in [2.24, 2.45) is 0 Å². The lowest BCUT2D eigenvalue weighted by Gasteiger charge is -2.21. The Morgan fingerprint density at radius 3 is 2.91 bits per heavy atom. The number of amides is 2. The highest BCUT2D eigenvalue weighted by Gasteiger charge is 2.33. The van der Waals surface area contributed by atoms with Crippen molar-refractivity contribution < 1.29 is 18.7 Å². The molecule has 2 atom stereocenters. The number of cyclic esters (lactones) is 1. The van der Waals surface area contributed by atoms with Gasteiger partial charge in [-0.1, -0.05) is 17.3 Å². The first-order valence-corrected chi connectivity index (χ1v) is 10.6. The highest BCUT2D eigenvalue weighted by atomic mass is 19.1. The van der Waals surface area contributed by atoms with Gasteiger partial charge in [-0.15, -0.1) is 5.10 Å². The molecule has 2 aromatic carbocycles. The standard InChI is InChI=1S/C22H23FN6O3/c1-14(30)24-11-17-13-28(22(31)32-17)15-6-7-20(18(23)10-15)27-9-8-16(12-27)29-21-5-3-2-4-19(21)25-26-29/h2-7,10,16-17H,8-9,11-13H2,1H3,(H,24,30)/t16-,17+/m1/s1. The fourth-order valence-corrected chi connectivity index (χ4v) is 4.33. The fraction of sp³-hybridized carbons (Fsp3) is 0.364. The minimum Gasteiger partial charge on any atom is -0.442 e. The van der Waals surface area contributed by atoms with Crippen molar-refractivity contribution in [1.82, 2.24) is 20.3 Å². The van der Waals surface area contributed by atoms with Crippen LogP contribution in [-0.2, 0) is 9.53 Å². The molecule has 3 aromatic rings. The van der Waals surface area contributed by atoms with Gasteiger partial charge in [0.2, 0.25) is 5.91 Å². The molecule has 2 amide bonds. The second kappa shape index (κ2) is 8.10. The number of nitrogens with one attached hydrogen (secondary N) is 1. The van der Waals surface area contributed by atoms with Crippen molar-refractivity contribution in [3.05, 3.63) is 48.3 Å². The molecule has 0 aliphatic carbocycles. The normalized spacial score (nSPS) is 20.8. The number of halogens is 1. The van der Waals surface area contributed by atoms with E-state index in [9.17, 15) is 9.59 Å². The summed E-state index contributed by atoms with van der Waals surface area (Å²) in [4.78, 5) is 26.7. The van der Waals surface area contributed by atoms with Crippen LogP contribution in [0.1, 0.15) is 19.4 Å². The van der Waals surface area contributed by atoms with Crippen LogP contribution in [0.25, 0.3) is 11.0 Å². The fourth-order valence-electron chi connectivity index (χ4n) is 4.33. The van der Waals surface area contributed by atoms with E-state index in [2.05, 4.69) is 15.6 Å². The number of carbonyl (C=O) groups excluding carboxylic acids is 2. The maximum atomic E-state index is 15.0. The first-order valence-electron chi connectivity index (χ1n) is 10.6. The lowest BCUT2D eigenvalue weighted by atomic mass is 10.2. The summed E-state index contributed by atoms with van der Waals surface area (Å²) in [6.45, 7) is 3.19. The summed E-state index contributed by atoms with van der Waals surface area (Å²) < 4.78 is 22.2. The Kier molecular flexibility index (Phi) is 5.12. The van der Waals surface area contributed by atoms with Crippen LogP contribution < -0.4 is 15.1 Å². The number of nitrogens with zero attached hydrogens (tertiary/aromatic N) is 5. The van der Waals surface area contributed by atoms with Crippen LogP contribution in [0.5, 0.6) is 0 Å². The van der Waals surface area contributed by atoms with E-state index in [0.717, 1.165) is 17.5 Å². The van der Waals surface area contributed by atoms with E-state index < -0.39 is 18.0 Å². The molecule has 10 heteroatoms. The highest BCUT2D eigenvalue weighted by molar-refractivity contribution is 5.90. The number of para-hydroxylation sites is 1. The monoisotopic (exact) mass is 438 g/mol. The predicted molar refractivity (Wildman–Crippen MR) is 116 cm³/mol. The molecule has 1 aromatic heterocycles. The molecule has 3 heterocycles. The molecule has 2 aliphatic heterocycles. The number of ether oxygens (including phenoxy) is 1. The Morgan fingerprint density at radius 2 is 2.09 bits per heavy atom. The second-order valence-corrected chi connectivity index (χ2v) is 8.10. The largest absolute Gasteiger partial charge is 0.442 e. The third-order valence-corrected chi connectivity index (χ3v) is 5.92. The van der Waals surface area contributed by atoms with Crippen LogP contribution in [-0.4, -0.2) is 59.3 Å². The van der Waals surface area contributed by atoms with Crippen LogP contribution in [0.15, 0.2) is 42.5 Å².